The Morgan fingerprint density at radius 3 is 2.52 bits per heavy atom. The number of nitrogens with one attached hydrogen (secondary N) is 1. The molecule has 7 nitrogen and oxygen atoms in total. The second-order valence-corrected chi connectivity index (χ2v) is 7.00. The van der Waals surface area contributed by atoms with Gasteiger partial charge in [-0.15, -0.1) is 0 Å². The summed E-state index contributed by atoms with van der Waals surface area (Å²) in [4.78, 5) is 27.1. The Balaban J connectivity index is 2.34. The van der Waals surface area contributed by atoms with Crippen molar-refractivity contribution in [2.75, 3.05) is 47.6 Å². The maximum atomic E-state index is 12.8. The number of benzene rings is 1. The molecule has 0 aromatic heterocycles. The van der Waals surface area contributed by atoms with Crippen molar-refractivity contribution >= 4 is 11.8 Å². The third kappa shape index (κ3) is 4.91. The van der Waals surface area contributed by atoms with Crippen LogP contribution in [0.4, 0.5) is 0 Å². The van der Waals surface area contributed by atoms with Crippen molar-refractivity contribution in [1.82, 2.24) is 10.2 Å². The standard InChI is InChI=1S/C20H30N2O5/c1-13(2)20(24)22-11-16(17(12-22)19(23)21-8-9-25-3)15-10-14(26-4)6-7-18(15)27-5/h6-7,10,13,16-17H,8-9,11-12H2,1-5H3,(H,21,23)/t16-,17-/m1/s1. The van der Waals surface area contributed by atoms with Gasteiger partial charge in [-0.25, -0.2) is 0 Å². The van der Waals surface area contributed by atoms with Gasteiger partial charge >= 0.3 is 0 Å². The van der Waals surface area contributed by atoms with E-state index in [0.29, 0.717) is 37.7 Å². The highest BCUT2D eigenvalue weighted by Gasteiger charge is 2.42. The van der Waals surface area contributed by atoms with Gasteiger partial charge in [-0.1, -0.05) is 13.8 Å². The third-order valence-corrected chi connectivity index (χ3v) is 4.90. The average Bonchev–Trinajstić information content (AvgIpc) is 3.12. The second kappa shape index (κ2) is 9.60. The van der Waals surface area contributed by atoms with Crippen molar-refractivity contribution in [2.45, 2.75) is 19.8 Å². The summed E-state index contributed by atoms with van der Waals surface area (Å²) in [6.45, 7) is 5.49. The molecule has 1 fully saturated rings. The fourth-order valence-electron chi connectivity index (χ4n) is 3.47. The van der Waals surface area contributed by atoms with E-state index in [4.69, 9.17) is 14.2 Å². The first-order valence-electron chi connectivity index (χ1n) is 9.20. The van der Waals surface area contributed by atoms with E-state index in [2.05, 4.69) is 5.32 Å². The lowest BCUT2D eigenvalue weighted by Gasteiger charge is -2.21. The van der Waals surface area contributed by atoms with E-state index in [1.54, 1.807) is 26.2 Å². The summed E-state index contributed by atoms with van der Waals surface area (Å²) < 4.78 is 15.9. The van der Waals surface area contributed by atoms with E-state index in [0.717, 1.165) is 5.56 Å². The predicted molar refractivity (Wildman–Crippen MR) is 102 cm³/mol. The van der Waals surface area contributed by atoms with Gasteiger partial charge in [-0.05, 0) is 18.2 Å². The van der Waals surface area contributed by atoms with Crippen LogP contribution in [0.25, 0.3) is 0 Å². The van der Waals surface area contributed by atoms with Crippen molar-refractivity contribution in [3.8, 4) is 11.5 Å². The van der Waals surface area contributed by atoms with Crippen LogP contribution in [0.3, 0.4) is 0 Å². The Kier molecular flexibility index (Phi) is 7.47. The number of carbonyl (C=O) groups excluding carboxylic acids is 2. The molecule has 0 bridgehead atoms. The zero-order chi connectivity index (χ0) is 20.0. The number of ether oxygens (including phenoxy) is 3. The van der Waals surface area contributed by atoms with Crippen LogP contribution in [0.15, 0.2) is 18.2 Å². The van der Waals surface area contributed by atoms with Gasteiger partial charge in [0, 0.05) is 44.1 Å². The molecular formula is C20H30N2O5. The summed E-state index contributed by atoms with van der Waals surface area (Å²) in [6, 6.07) is 5.55. The van der Waals surface area contributed by atoms with Gasteiger partial charge in [0.2, 0.25) is 11.8 Å². The summed E-state index contributed by atoms with van der Waals surface area (Å²) in [5.41, 5.74) is 0.878. The minimum atomic E-state index is -0.356. The number of carbonyl (C=O) groups is 2. The van der Waals surface area contributed by atoms with E-state index in [9.17, 15) is 9.59 Å². The van der Waals surface area contributed by atoms with Gasteiger partial charge in [0.15, 0.2) is 0 Å². The number of hydrogen-bond donors (Lipinski definition) is 1. The predicted octanol–water partition coefficient (Wildman–Crippen LogP) is 1.66. The molecule has 1 aromatic rings. The molecule has 1 aliphatic rings. The Morgan fingerprint density at radius 1 is 1.19 bits per heavy atom. The van der Waals surface area contributed by atoms with Gasteiger partial charge < -0.3 is 24.4 Å². The molecule has 1 N–H and O–H groups in total. The Labute approximate surface area is 161 Å². The molecule has 0 aliphatic carbocycles. The molecule has 1 aromatic carbocycles. The molecule has 1 saturated heterocycles. The van der Waals surface area contributed by atoms with Crippen LogP contribution in [0.1, 0.15) is 25.3 Å². The highest BCUT2D eigenvalue weighted by atomic mass is 16.5. The third-order valence-electron chi connectivity index (χ3n) is 4.90. The maximum Gasteiger partial charge on any atom is 0.225 e. The summed E-state index contributed by atoms with van der Waals surface area (Å²) in [5, 5.41) is 2.91. The SMILES string of the molecule is COCCNC(=O)[C@@H]1CN(C(=O)C(C)C)C[C@@H]1c1cc(OC)ccc1OC. The minimum absolute atomic E-state index is 0.0501. The number of nitrogens with zero attached hydrogens (tertiary/aromatic N) is 1. The van der Waals surface area contributed by atoms with Crippen LogP contribution < -0.4 is 14.8 Å². The summed E-state index contributed by atoms with van der Waals surface area (Å²) in [5.74, 6) is 0.710. The molecule has 0 radical (unpaired) electrons. The Hall–Kier alpha value is -2.28. The van der Waals surface area contributed by atoms with Crippen LogP contribution in [-0.2, 0) is 14.3 Å². The quantitative estimate of drug-likeness (QED) is 0.696. The number of hydrogen-bond acceptors (Lipinski definition) is 5. The number of rotatable bonds is 8. The molecule has 2 atom stereocenters. The van der Waals surface area contributed by atoms with Crippen molar-refractivity contribution in [2.24, 2.45) is 11.8 Å². The smallest absolute Gasteiger partial charge is 0.225 e. The lowest BCUT2D eigenvalue weighted by atomic mass is 9.87. The highest BCUT2D eigenvalue weighted by molar-refractivity contribution is 5.84. The highest BCUT2D eigenvalue weighted by Crippen LogP contribution is 2.39. The number of methoxy groups -OCH3 is 3. The molecule has 27 heavy (non-hydrogen) atoms. The monoisotopic (exact) mass is 378 g/mol. The number of amides is 2. The van der Waals surface area contributed by atoms with Crippen molar-refractivity contribution in [3.63, 3.8) is 0 Å². The zero-order valence-electron chi connectivity index (χ0n) is 16.8. The van der Waals surface area contributed by atoms with E-state index in [1.807, 2.05) is 32.0 Å². The van der Waals surface area contributed by atoms with Crippen LogP contribution in [-0.4, -0.2) is 64.3 Å². The second-order valence-electron chi connectivity index (χ2n) is 7.00. The first-order valence-corrected chi connectivity index (χ1v) is 9.20. The summed E-state index contributed by atoms with van der Waals surface area (Å²) >= 11 is 0. The summed E-state index contributed by atoms with van der Waals surface area (Å²) in [7, 11) is 4.80. The molecule has 2 rings (SSSR count). The van der Waals surface area contributed by atoms with Gasteiger partial charge in [0.05, 0.1) is 26.7 Å². The molecular weight excluding hydrogens is 348 g/mol. The van der Waals surface area contributed by atoms with Crippen LogP contribution in [0.2, 0.25) is 0 Å². The minimum Gasteiger partial charge on any atom is -0.497 e. The van der Waals surface area contributed by atoms with Crippen LogP contribution in [0, 0.1) is 11.8 Å². The molecule has 2 amide bonds. The van der Waals surface area contributed by atoms with E-state index in [1.165, 1.54) is 0 Å². The number of likely N-dealkylation sites (tertiary alicyclic amines) is 1. The largest absolute Gasteiger partial charge is 0.497 e. The van der Waals surface area contributed by atoms with Gasteiger partial charge in [0.25, 0.3) is 0 Å². The van der Waals surface area contributed by atoms with E-state index >= 15 is 0 Å². The first kappa shape index (κ1) is 21.0. The van der Waals surface area contributed by atoms with Crippen LogP contribution >= 0.6 is 0 Å². The first-order chi connectivity index (χ1) is 12.9. The lowest BCUT2D eigenvalue weighted by Crippen LogP contribution is -2.37. The van der Waals surface area contributed by atoms with Crippen LogP contribution in [0.5, 0.6) is 11.5 Å². The molecule has 7 heteroatoms. The fraction of sp³-hybridized carbons (Fsp3) is 0.600. The molecule has 1 heterocycles. The molecule has 1 aliphatic heterocycles. The van der Waals surface area contributed by atoms with Crippen molar-refractivity contribution in [3.05, 3.63) is 23.8 Å². The lowest BCUT2D eigenvalue weighted by molar-refractivity contribution is -0.133. The normalized spacial score (nSPS) is 19.3. The Morgan fingerprint density at radius 2 is 1.93 bits per heavy atom. The summed E-state index contributed by atoms with van der Waals surface area (Å²) in [6.07, 6.45) is 0. The van der Waals surface area contributed by atoms with Crippen molar-refractivity contribution in [1.29, 1.82) is 0 Å². The van der Waals surface area contributed by atoms with Crippen molar-refractivity contribution < 1.29 is 23.8 Å². The van der Waals surface area contributed by atoms with Gasteiger partial charge in [0.1, 0.15) is 11.5 Å². The molecule has 0 unspecified atom stereocenters. The average molecular weight is 378 g/mol. The molecule has 0 saturated carbocycles. The topological polar surface area (TPSA) is 77.1 Å². The fourth-order valence-corrected chi connectivity index (χ4v) is 3.47. The molecule has 150 valence electrons. The Bertz CT molecular complexity index is 662. The van der Waals surface area contributed by atoms with E-state index < -0.39 is 0 Å². The van der Waals surface area contributed by atoms with E-state index in [-0.39, 0.29) is 29.6 Å². The van der Waals surface area contributed by atoms with Gasteiger partial charge in [-0.2, -0.15) is 0 Å². The zero-order valence-corrected chi connectivity index (χ0v) is 16.8. The van der Waals surface area contributed by atoms with Gasteiger partial charge in [-0.3, -0.25) is 9.59 Å². The molecule has 0 spiro atoms. The maximum absolute atomic E-state index is 12.8.